The highest BCUT2D eigenvalue weighted by Gasteiger charge is 2.19. The van der Waals surface area contributed by atoms with Crippen LogP contribution in [-0.2, 0) is 9.53 Å². The van der Waals surface area contributed by atoms with E-state index in [9.17, 15) is 9.18 Å². The third-order valence-corrected chi connectivity index (χ3v) is 3.05. The number of nitrogens with zero attached hydrogens (tertiary/aromatic N) is 1. The first-order valence-corrected chi connectivity index (χ1v) is 7.30. The fraction of sp³-hybridized carbons (Fsp3) is 0.250. The lowest BCUT2D eigenvalue weighted by Gasteiger charge is -2.15. The van der Waals surface area contributed by atoms with Crippen LogP contribution in [0.1, 0.15) is 13.8 Å². The van der Waals surface area contributed by atoms with Gasteiger partial charge in [0.05, 0.1) is 11.6 Å². The summed E-state index contributed by atoms with van der Waals surface area (Å²) in [7, 11) is 0. The van der Waals surface area contributed by atoms with E-state index in [0.717, 1.165) is 6.07 Å². The van der Waals surface area contributed by atoms with Gasteiger partial charge in [0, 0.05) is 6.20 Å². The number of benzene rings is 1. The number of carbonyl (C=O) groups is 1. The minimum atomic E-state index is -0.851. The maximum Gasteiger partial charge on any atom is 0.347 e. The third-order valence-electron chi connectivity index (χ3n) is 2.76. The van der Waals surface area contributed by atoms with Gasteiger partial charge in [-0.05, 0) is 44.2 Å². The van der Waals surface area contributed by atoms with Crippen molar-refractivity contribution >= 4 is 17.6 Å². The Morgan fingerprint density at radius 3 is 2.83 bits per heavy atom. The van der Waals surface area contributed by atoms with Crippen LogP contribution in [0.15, 0.2) is 36.5 Å². The maximum absolute atomic E-state index is 13.1. The van der Waals surface area contributed by atoms with Gasteiger partial charge in [0.1, 0.15) is 11.6 Å². The summed E-state index contributed by atoms with van der Waals surface area (Å²) < 4.78 is 29.0. The number of halogens is 2. The Morgan fingerprint density at radius 1 is 1.35 bits per heavy atom. The first kappa shape index (κ1) is 17.0. The molecule has 0 aliphatic carbocycles. The molecule has 1 aromatic carbocycles. The number of pyridine rings is 1. The van der Waals surface area contributed by atoms with Gasteiger partial charge in [-0.25, -0.2) is 14.2 Å². The lowest BCUT2D eigenvalue weighted by atomic mass is 10.3. The summed E-state index contributed by atoms with van der Waals surface area (Å²) in [4.78, 5) is 15.7. The van der Waals surface area contributed by atoms with E-state index in [1.165, 1.54) is 18.3 Å². The molecule has 1 unspecified atom stereocenters. The van der Waals surface area contributed by atoms with Crippen molar-refractivity contribution in [2.45, 2.75) is 20.0 Å². The molecule has 1 atom stereocenters. The lowest BCUT2D eigenvalue weighted by Crippen LogP contribution is -2.26. The minimum absolute atomic E-state index is 0.105. The largest absolute Gasteiger partial charge is 0.463 e. The standard InChI is InChI=1S/C16H15ClFNO4/c1-3-21-16(20)10(2)22-15-14(5-4-8-19-15)23-13-7-6-11(18)9-12(13)17/h4-10H,3H2,1-2H3. The zero-order valence-corrected chi connectivity index (χ0v) is 13.3. The smallest absolute Gasteiger partial charge is 0.347 e. The molecule has 23 heavy (non-hydrogen) atoms. The molecule has 122 valence electrons. The van der Waals surface area contributed by atoms with Crippen molar-refractivity contribution in [2.75, 3.05) is 6.61 Å². The molecule has 7 heteroatoms. The van der Waals surface area contributed by atoms with Crippen molar-refractivity contribution in [1.82, 2.24) is 4.98 Å². The summed E-state index contributed by atoms with van der Waals surface area (Å²) in [5, 5.41) is 0.109. The van der Waals surface area contributed by atoms with Crippen LogP contribution in [0.4, 0.5) is 4.39 Å². The highest BCUT2D eigenvalue weighted by molar-refractivity contribution is 6.32. The Morgan fingerprint density at radius 2 is 2.13 bits per heavy atom. The number of hydrogen-bond donors (Lipinski definition) is 0. The summed E-state index contributed by atoms with van der Waals surface area (Å²) in [6.45, 7) is 3.50. The molecule has 0 bridgehead atoms. The number of hydrogen-bond acceptors (Lipinski definition) is 5. The third kappa shape index (κ3) is 4.56. The van der Waals surface area contributed by atoms with Gasteiger partial charge >= 0.3 is 5.97 Å². The van der Waals surface area contributed by atoms with Gasteiger partial charge in [0.2, 0.25) is 0 Å². The fourth-order valence-corrected chi connectivity index (χ4v) is 1.90. The van der Waals surface area contributed by atoms with Crippen molar-refractivity contribution in [2.24, 2.45) is 0 Å². The Balaban J connectivity index is 2.18. The van der Waals surface area contributed by atoms with Crippen LogP contribution >= 0.6 is 11.6 Å². The zero-order valence-electron chi connectivity index (χ0n) is 12.6. The molecule has 0 saturated carbocycles. The number of rotatable bonds is 6. The van der Waals surface area contributed by atoms with E-state index in [-0.39, 0.29) is 29.0 Å². The van der Waals surface area contributed by atoms with Gasteiger partial charge in [0.25, 0.3) is 5.88 Å². The Bertz CT molecular complexity index is 696. The topological polar surface area (TPSA) is 57.7 Å². The van der Waals surface area contributed by atoms with Crippen molar-refractivity contribution in [3.05, 3.63) is 47.4 Å². The van der Waals surface area contributed by atoms with Gasteiger partial charge in [-0.1, -0.05) is 11.6 Å². The van der Waals surface area contributed by atoms with E-state index < -0.39 is 17.9 Å². The number of carbonyl (C=O) groups excluding carboxylic acids is 1. The number of esters is 1. The molecule has 0 aliphatic rings. The molecule has 0 saturated heterocycles. The average Bonchev–Trinajstić information content (AvgIpc) is 2.52. The van der Waals surface area contributed by atoms with Crippen molar-refractivity contribution < 1.29 is 23.4 Å². The molecule has 1 aromatic heterocycles. The van der Waals surface area contributed by atoms with Crippen LogP contribution < -0.4 is 9.47 Å². The molecule has 0 aliphatic heterocycles. The molecular weight excluding hydrogens is 325 g/mol. The van der Waals surface area contributed by atoms with Gasteiger partial charge in [0.15, 0.2) is 11.9 Å². The molecule has 0 radical (unpaired) electrons. The molecular formula is C16H15ClFNO4. The summed E-state index contributed by atoms with van der Waals surface area (Å²) in [5.41, 5.74) is 0. The van der Waals surface area contributed by atoms with E-state index in [4.69, 9.17) is 25.8 Å². The molecule has 5 nitrogen and oxygen atoms in total. The lowest BCUT2D eigenvalue weighted by molar-refractivity contribution is -0.150. The predicted molar refractivity (Wildman–Crippen MR) is 82.4 cm³/mol. The van der Waals surface area contributed by atoms with E-state index >= 15 is 0 Å². The molecule has 1 heterocycles. The second-order valence-corrected chi connectivity index (χ2v) is 4.90. The summed E-state index contributed by atoms with van der Waals surface area (Å²) >= 11 is 5.93. The monoisotopic (exact) mass is 339 g/mol. The SMILES string of the molecule is CCOC(=O)C(C)Oc1ncccc1Oc1ccc(F)cc1Cl. The van der Waals surface area contributed by atoms with Crippen LogP contribution in [0.3, 0.4) is 0 Å². The first-order valence-electron chi connectivity index (χ1n) is 6.92. The van der Waals surface area contributed by atoms with Crippen molar-refractivity contribution in [1.29, 1.82) is 0 Å². The quantitative estimate of drug-likeness (QED) is 0.745. The second-order valence-electron chi connectivity index (χ2n) is 4.50. The molecule has 0 spiro atoms. The second kappa shape index (κ2) is 7.78. The molecule has 2 aromatic rings. The molecule has 0 N–H and O–H groups in total. The minimum Gasteiger partial charge on any atom is -0.463 e. The van der Waals surface area contributed by atoms with Gasteiger partial charge in [-0.15, -0.1) is 0 Å². The van der Waals surface area contributed by atoms with Gasteiger partial charge in [-0.2, -0.15) is 0 Å². The first-order chi connectivity index (χ1) is 11.0. The van der Waals surface area contributed by atoms with Crippen LogP contribution in [0.2, 0.25) is 5.02 Å². The van der Waals surface area contributed by atoms with Crippen LogP contribution in [0, 0.1) is 5.82 Å². The molecule has 2 rings (SSSR count). The van der Waals surface area contributed by atoms with Crippen LogP contribution in [0.25, 0.3) is 0 Å². The number of aromatic nitrogens is 1. The Hall–Kier alpha value is -2.34. The van der Waals surface area contributed by atoms with E-state index in [1.807, 2.05) is 0 Å². The zero-order chi connectivity index (χ0) is 16.8. The van der Waals surface area contributed by atoms with E-state index in [1.54, 1.807) is 26.0 Å². The predicted octanol–water partition coefficient (Wildman–Crippen LogP) is 4.00. The maximum atomic E-state index is 13.1. The van der Waals surface area contributed by atoms with Gasteiger partial charge < -0.3 is 14.2 Å². The highest BCUT2D eigenvalue weighted by Crippen LogP contribution is 2.34. The van der Waals surface area contributed by atoms with Crippen LogP contribution in [-0.4, -0.2) is 23.7 Å². The van der Waals surface area contributed by atoms with Crippen LogP contribution in [0.5, 0.6) is 17.4 Å². The molecule has 0 fully saturated rings. The summed E-state index contributed by atoms with van der Waals surface area (Å²) in [6.07, 6.45) is 0.641. The molecule has 0 amide bonds. The fourth-order valence-electron chi connectivity index (χ4n) is 1.69. The van der Waals surface area contributed by atoms with Crippen molar-refractivity contribution in [3.8, 4) is 17.4 Å². The summed E-state index contributed by atoms with van der Waals surface area (Å²) in [6, 6.07) is 6.98. The Kier molecular flexibility index (Phi) is 5.76. The van der Waals surface area contributed by atoms with E-state index in [0.29, 0.717) is 0 Å². The average molecular weight is 340 g/mol. The number of ether oxygens (including phenoxy) is 3. The van der Waals surface area contributed by atoms with Gasteiger partial charge in [-0.3, -0.25) is 0 Å². The van der Waals surface area contributed by atoms with E-state index in [2.05, 4.69) is 4.98 Å². The summed E-state index contributed by atoms with van der Waals surface area (Å²) in [5.74, 6) is -0.384. The highest BCUT2D eigenvalue weighted by atomic mass is 35.5. The van der Waals surface area contributed by atoms with Crippen molar-refractivity contribution in [3.63, 3.8) is 0 Å². The normalized spacial score (nSPS) is 11.7. The Labute approximate surface area is 138 Å².